The Hall–Kier alpha value is -1.93. The van der Waals surface area contributed by atoms with Crippen LogP contribution in [-0.2, 0) is 19.6 Å². The summed E-state index contributed by atoms with van der Waals surface area (Å²) in [5.74, 6) is -1.66. The summed E-state index contributed by atoms with van der Waals surface area (Å²) in [4.78, 5) is 25.0. The van der Waals surface area contributed by atoms with E-state index in [1.807, 2.05) is 0 Å². The maximum atomic E-state index is 12.5. The summed E-state index contributed by atoms with van der Waals surface area (Å²) < 4.78 is 42.1. The topological polar surface area (TPSA) is 107 Å². The molecular weight excluding hydrogens is 552 g/mol. The standard InChI is InChI=1S/C34H58O7S/c1-3-5-6-7-8-9-10-11-12-13-14-15-16-17-18-19-20-21-22-23-26-29-40-33(35)30-27-24-25-28-31(30)34(36)41-32(4-2)42(37,38)39/h24-25,27-28,32H,3-23,26,29H2,1-2H3,(H,37,38,39). The predicted molar refractivity (Wildman–Crippen MR) is 170 cm³/mol. The van der Waals surface area contributed by atoms with E-state index in [1.54, 1.807) is 12.1 Å². The normalized spacial score (nSPS) is 12.3. The number of hydrogen-bond donors (Lipinski definition) is 1. The third-order valence-corrected chi connectivity index (χ3v) is 8.85. The fraction of sp³-hybridized carbons (Fsp3) is 0.765. The monoisotopic (exact) mass is 610 g/mol. The van der Waals surface area contributed by atoms with Crippen molar-refractivity contribution in [2.75, 3.05) is 6.61 Å². The average molecular weight is 611 g/mol. The minimum atomic E-state index is -4.55. The highest BCUT2D eigenvalue weighted by Gasteiger charge is 2.28. The van der Waals surface area contributed by atoms with Crippen LogP contribution in [0.2, 0.25) is 0 Å². The summed E-state index contributed by atoms with van der Waals surface area (Å²) >= 11 is 0. The van der Waals surface area contributed by atoms with Crippen LogP contribution in [0.1, 0.15) is 176 Å². The van der Waals surface area contributed by atoms with Crippen LogP contribution in [0.3, 0.4) is 0 Å². The number of ether oxygens (including phenoxy) is 2. The lowest BCUT2D eigenvalue weighted by molar-refractivity contribution is 0.0402. The second-order valence-corrected chi connectivity index (χ2v) is 13.1. The van der Waals surface area contributed by atoms with Crippen LogP contribution in [0.5, 0.6) is 0 Å². The van der Waals surface area contributed by atoms with Crippen LogP contribution < -0.4 is 0 Å². The quantitative estimate of drug-likeness (QED) is 0.0600. The Morgan fingerprint density at radius 1 is 0.619 bits per heavy atom. The second-order valence-electron chi connectivity index (χ2n) is 11.5. The average Bonchev–Trinajstić information content (AvgIpc) is 2.97. The molecule has 8 heteroatoms. The zero-order valence-electron chi connectivity index (χ0n) is 26.5. The van der Waals surface area contributed by atoms with Gasteiger partial charge >= 0.3 is 22.1 Å². The van der Waals surface area contributed by atoms with Gasteiger partial charge in [0.05, 0.1) is 17.7 Å². The lowest BCUT2D eigenvalue weighted by Gasteiger charge is -2.14. The number of carbonyl (C=O) groups is 2. The number of carbonyl (C=O) groups excluding carboxylic acids is 2. The van der Waals surface area contributed by atoms with Crippen molar-refractivity contribution in [2.24, 2.45) is 0 Å². The Labute approximate surface area is 256 Å². The number of esters is 2. The molecule has 0 amide bonds. The maximum absolute atomic E-state index is 12.5. The van der Waals surface area contributed by atoms with Gasteiger partial charge in [-0.1, -0.05) is 154 Å². The molecule has 1 aromatic rings. The molecule has 0 saturated carbocycles. The fourth-order valence-electron chi connectivity index (χ4n) is 5.15. The Morgan fingerprint density at radius 2 is 0.976 bits per heavy atom. The molecule has 1 atom stereocenters. The van der Waals surface area contributed by atoms with Crippen molar-refractivity contribution in [3.8, 4) is 0 Å². The smallest absolute Gasteiger partial charge is 0.340 e. The third kappa shape index (κ3) is 18.6. The molecule has 0 radical (unpaired) electrons. The number of rotatable bonds is 27. The van der Waals surface area contributed by atoms with Crippen molar-refractivity contribution in [3.63, 3.8) is 0 Å². The van der Waals surface area contributed by atoms with E-state index in [4.69, 9.17) is 9.47 Å². The fourth-order valence-corrected chi connectivity index (χ4v) is 5.78. The lowest BCUT2D eigenvalue weighted by Crippen LogP contribution is -2.27. The number of unbranched alkanes of at least 4 members (excludes halogenated alkanes) is 20. The predicted octanol–water partition coefficient (Wildman–Crippen LogP) is 9.84. The van der Waals surface area contributed by atoms with Gasteiger partial charge in [-0.25, -0.2) is 9.59 Å². The maximum Gasteiger partial charge on any atom is 0.340 e. The minimum Gasteiger partial charge on any atom is -0.462 e. The molecule has 0 aliphatic rings. The van der Waals surface area contributed by atoms with Gasteiger partial charge in [-0.05, 0) is 25.0 Å². The van der Waals surface area contributed by atoms with Gasteiger partial charge in [0.1, 0.15) is 0 Å². The molecule has 1 unspecified atom stereocenters. The summed E-state index contributed by atoms with van der Waals surface area (Å²) in [5.41, 5.74) is -1.77. The van der Waals surface area contributed by atoms with Crippen molar-refractivity contribution in [3.05, 3.63) is 35.4 Å². The van der Waals surface area contributed by atoms with Crippen molar-refractivity contribution >= 4 is 22.1 Å². The molecule has 0 aliphatic carbocycles. The van der Waals surface area contributed by atoms with Crippen molar-refractivity contribution in [2.45, 2.75) is 161 Å². The molecule has 42 heavy (non-hydrogen) atoms. The molecule has 0 heterocycles. The summed E-state index contributed by atoms with van der Waals surface area (Å²) in [7, 11) is -4.55. The van der Waals surface area contributed by atoms with Gasteiger partial charge < -0.3 is 9.47 Å². The van der Waals surface area contributed by atoms with E-state index in [9.17, 15) is 22.6 Å². The van der Waals surface area contributed by atoms with E-state index >= 15 is 0 Å². The van der Waals surface area contributed by atoms with E-state index in [2.05, 4.69) is 6.92 Å². The Morgan fingerprint density at radius 3 is 1.33 bits per heavy atom. The van der Waals surface area contributed by atoms with Crippen LogP contribution in [0.15, 0.2) is 24.3 Å². The zero-order valence-corrected chi connectivity index (χ0v) is 27.3. The van der Waals surface area contributed by atoms with Gasteiger partial charge in [0.2, 0.25) is 5.44 Å². The van der Waals surface area contributed by atoms with Crippen molar-refractivity contribution in [1.29, 1.82) is 0 Å². The van der Waals surface area contributed by atoms with E-state index < -0.39 is 27.5 Å². The lowest BCUT2D eigenvalue weighted by atomic mass is 10.0. The summed E-state index contributed by atoms with van der Waals surface area (Å²) in [6.45, 7) is 3.99. The van der Waals surface area contributed by atoms with Crippen LogP contribution in [0, 0.1) is 0 Å². The highest BCUT2D eigenvalue weighted by atomic mass is 32.2. The highest BCUT2D eigenvalue weighted by molar-refractivity contribution is 7.86. The number of benzene rings is 1. The molecule has 242 valence electrons. The second kappa shape index (κ2) is 24.5. The van der Waals surface area contributed by atoms with E-state index in [-0.39, 0.29) is 24.2 Å². The molecule has 0 spiro atoms. The van der Waals surface area contributed by atoms with Crippen molar-refractivity contribution < 1.29 is 32.0 Å². The Bertz CT molecular complexity index is 945. The van der Waals surface area contributed by atoms with Crippen LogP contribution in [-0.4, -0.2) is 37.0 Å². The van der Waals surface area contributed by atoms with Gasteiger partial charge in [-0.2, -0.15) is 8.42 Å². The molecule has 0 fully saturated rings. The molecule has 0 aromatic heterocycles. The van der Waals surface area contributed by atoms with Crippen LogP contribution >= 0.6 is 0 Å². The summed E-state index contributed by atoms with van der Waals surface area (Å²) in [6, 6.07) is 5.94. The first-order valence-corrected chi connectivity index (χ1v) is 18.2. The summed E-state index contributed by atoms with van der Waals surface area (Å²) in [6.07, 6.45) is 27.3. The molecule has 0 aliphatic heterocycles. The Balaban J connectivity index is 2.02. The zero-order chi connectivity index (χ0) is 30.9. The van der Waals surface area contributed by atoms with Crippen LogP contribution in [0.25, 0.3) is 0 Å². The van der Waals surface area contributed by atoms with Gasteiger partial charge in [0, 0.05) is 0 Å². The van der Waals surface area contributed by atoms with Gasteiger partial charge in [-0.3, -0.25) is 4.55 Å². The molecule has 7 nitrogen and oxygen atoms in total. The Kier molecular flexibility index (Phi) is 22.2. The molecule has 1 aromatic carbocycles. The first-order valence-electron chi connectivity index (χ1n) is 16.7. The van der Waals surface area contributed by atoms with E-state index in [1.165, 1.54) is 135 Å². The number of hydrogen-bond acceptors (Lipinski definition) is 6. The van der Waals surface area contributed by atoms with Gasteiger partial charge in [0.15, 0.2) is 0 Å². The first kappa shape index (κ1) is 38.1. The van der Waals surface area contributed by atoms with Crippen molar-refractivity contribution in [1.82, 2.24) is 0 Å². The SMILES string of the molecule is CCCCCCCCCCCCCCCCCCCCCCCOC(=O)c1ccccc1C(=O)OC(CC)S(=O)(=O)O. The molecule has 1 rings (SSSR count). The first-order chi connectivity index (χ1) is 20.3. The molecule has 1 N–H and O–H groups in total. The minimum absolute atomic E-state index is 0.0104. The third-order valence-electron chi connectivity index (χ3n) is 7.75. The van der Waals surface area contributed by atoms with Gasteiger partial charge in [-0.15, -0.1) is 0 Å². The van der Waals surface area contributed by atoms with E-state index in [0.29, 0.717) is 0 Å². The molecule has 0 bridgehead atoms. The molecule has 0 saturated heterocycles. The van der Waals surface area contributed by atoms with Crippen LogP contribution in [0.4, 0.5) is 0 Å². The molecular formula is C34H58O7S. The summed E-state index contributed by atoms with van der Waals surface area (Å²) in [5, 5.41) is 0. The van der Waals surface area contributed by atoms with E-state index in [0.717, 1.165) is 19.3 Å². The van der Waals surface area contributed by atoms with Gasteiger partial charge in [0.25, 0.3) is 0 Å². The largest absolute Gasteiger partial charge is 0.462 e. The highest BCUT2D eigenvalue weighted by Crippen LogP contribution is 2.17.